The molecule has 0 aliphatic carbocycles. The standard InChI is InChI=1S/C9H11N5O4S/c10-13-7-2-1-6(3-11-7)19(17,18)14-4-8(15)12-9(16)5-14/h1-3H,4-5,10H2,(H,11,13)(H,12,15,16). The molecule has 0 bridgehead atoms. The number of sulfonamides is 1. The third-order valence-corrected chi connectivity index (χ3v) is 4.22. The monoisotopic (exact) mass is 285 g/mol. The molecule has 1 aromatic rings. The van der Waals surface area contributed by atoms with Crippen LogP contribution >= 0.6 is 0 Å². The minimum atomic E-state index is -3.93. The van der Waals surface area contributed by atoms with Gasteiger partial charge in [-0.05, 0) is 12.1 Å². The fourth-order valence-corrected chi connectivity index (χ4v) is 2.85. The van der Waals surface area contributed by atoms with Crippen LogP contribution in [-0.4, -0.2) is 42.6 Å². The fourth-order valence-electron chi connectivity index (χ4n) is 1.55. The Morgan fingerprint density at radius 3 is 2.37 bits per heavy atom. The highest BCUT2D eigenvalue weighted by Crippen LogP contribution is 2.16. The number of carbonyl (C=O) groups is 2. The highest BCUT2D eigenvalue weighted by molar-refractivity contribution is 7.89. The molecule has 1 aromatic heterocycles. The van der Waals surface area contributed by atoms with Crippen LogP contribution in [0.1, 0.15) is 0 Å². The maximum Gasteiger partial charge on any atom is 0.245 e. The Morgan fingerprint density at radius 2 is 1.89 bits per heavy atom. The molecule has 9 nitrogen and oxygen atoms in total. The second-order valence-corrected chi connectivity index (χ2v) is 5.71. The summed E-state index contributed by atoms with van der Waals surface area (Å²) in [7, 11) is -3.93. The van der Waals surface area contributed by atoms with Crippen LogP contribution in [0.2, 0.25) is 0 Å². The SMILES string of the molecule is NNc1ccc(S(=O)(=O)N2CC(=O)NC(=O)C2)cn1. The van der Waals surface area contributed by atoms with E-state index in [4.69, 9.17) is 5.84 Å². The molecule has 4 N–H and O–H groups in total. The Hall–Kier alpha value is -2.04. The van der Waals surface area contributed by atoms with Gasteiger partial charge in [0.2, 0.25) is 21.8 Å². The lowest BCUT2D eigenvalue weighted by Crippen LogP contribution is -2.53. The van der Waals surface area contributed by atoms with Crippen molar-refractivity contribution in [3.63, 3.8) is 0 Å². The first-order valence-corrected chi connectivity index (χ1v) is 6.63. The number of amides is 2. The topological polar surface area (TPSA) is 134 Å². The van der Waals surface area contributed by atoms with E-state index in [1.165, 1.54) is 12.1 Å². The Morgan fingerprint density at radius 1 is 1.26 bits per heavy atom. The first-order chi connectivity index (χ1) is 8.93. The van der Waals surface area contributed by atoms with E-state index in [1.807, 2.05) is 5.32 Å². The molecule has 0 radical (unpaired) electrons. The zero-order valence-electron chi connectivity index (χ0n) is 9.66. The lowest BCUT2D eigenvalue weighted by Gasteiger charge is -2.24. The summed E-state index contributed by atoms with van der Waals surface area (Å²) in [4.78, 5) is 26.0. The fraction of sp³-hybridized carbons (Fsp3) is 0.222. The van der Waals surface area contributed by atoms with Crippen molar-refractivity contribution in [2.75, 3.05) is 18.5 Å². The Balaban J connectivity index is 2.30. The molecule has 1 fully saturated rings. The highest BCUT2D eigenvalue weighted by atomic mass is 32.2. The van der Waals surface area contributed by atoms with E-state index in [0.717, 1.165) is 10.5 Å². The first-order valence-electron chi connectivity index (χ1n) is 5.19. The minimum Gasteiger partial charge on any atom is -0.308 e. The summed E-state index contributed by atoms with van der Waals surface area (Å²) in [5, 5.41) is 2.02. The van der Waals surface area contributed by atoms with Crippen molar-refractivity contribution in [1.29, 1.82) is 0 Å². The van der Waals surface area contributed by atoms with Crippen molar-refractivity contribution in [3.8, 4) is 0 Å². The number of nitrogens with one attached hydrogen (secondary N) is 2. The zero-order chi connectivity index (χ0) is 14.0. The van der Waals surface area contributed by atoms with Crippen molar-refractivity contribution >= 4 is 27.7 Å². The number of nitrogens with zero attached hydrogens (tertiary/aromatic N) is 2. The lowest BCUT2D eigenvalue weighted by atomic mass is 10.4. The van der Waals surface area contributed by atoms with Crippen molar-refractivity contribution < 1.29 is 18.0 Å². The number of hydrogen-bond donors (Lipinski definition) is 3. The van der Waals surface area contributed by atoms with Crippen LogP contribution in [0.3, 0.4) is 0 Å². The van der Waals surface area contributed by atoms with E-state index in [2.05, 4.69) is 10.4 Å². The summed E-state index contributed by atoms with van der Waals surface area (Å²) >= 11 is 0. The Kier molecular flexibility index (Phi) is 3.46. The summed E-state index contributed by atoms with van der Waals surface area (Å²) < 4.78 is 25.2. The molecule has 0 saturated carbocycles. The number of anilines is 1. The lowest BCUT2D eigenvalue weighted by molar-refractivity contribution is -0.134. The van der Waals surface area contributed by atoms with Crippen molar-refractivity contribution in [2.24, 2.45) is 5.84 Å². The number of nitrogen functional groups attached to an aromatic ring is 1. The summed E-state index contributed by atoms with van der Waals surface area (Å²) in [6.07, 6.45) is 1.10. The van der Waals surface area contributed by atoms with Gasteiger partial charge < -0.3 is 5.43 Å². The number of carbonyl (C=O) groups excluding carboxylic acids is 2. The van der Waals surface area contributed by atoms with Gasteiger partial charge in [0, 0.05) is 6.20 Å². The summed E-state index contributed by atoms with van der Waals surface area (Å²) in [6.45, 7) is -0.796. The second-order valence-electron chi connectivity index (χ2n) is 3.77. The van der Waals surface area contributed by atoms with Gasteiger partial charge in [0.05, 0.1) is 13.1 Å². The molecule has 0 atom stereocenters. The van der Waals surface area contributed by atoms with Gasteiger partial charge in [-0.3, -0.25) is 14.9 Å². The van der Waals surface area contributed by atoms with Crippen LogP contribution in [0.5, 0.6) is 0 Å². The minimum absolute atomic E-state index is 0.117. The number of hydrogen-bond acceptors (Lipinski definition) is 7. The average molecular weight is 285 g/mol. The summed E-state index contributed by atoms with van der Waals surface area (Å²) in [6, 6.07) is 2.66. The van der Waals surface area contributed by atoms with Crippen molar-refractivity contribution in [2.45, 2.75) is 4.90 Å². The molecular formula is C9H11N5O4S. The average Bonchev–Trinajstić information content (AvgIpc) is 2.37. The molecule has 1 aliphatic heterocycles. The van der Waals surface area contributed by atoms with E-state index in [0.29, 0.717) is 5.82 Å². The zero-order valence-corrected chi connectivity index (χ0v) is 10.5. The third-order valence-electron chi connectivity index (χ3n) is 2.44. The summed E-state index contributed by atoms with van der Waals surface area (Å²) in [5.74, 6) is 4.10. The molecule has 0 unspecified atom stereocenters. The van der Waals surface area contributed by atoms with Crippen molar-refractivity contribution in [1.82, 2.24) is 14.6 Å². The van der Waals surface area contributed by atoms with Gasteiger partial charge in [-0.2, -0.15) is 4.31 Å². The van der Waals surface area contributed by atoms with E-state index in [9.17, 15) is 18.0 Å². The van der Waals surface area contributed by atoms with Crippen LogP contribution in [-0.2, 0) is 19.6 Å². The van der Waals surface area contributed by atoms with Crippen LogP contribution in [0.15, 0.2) is 23.2 Å². The maximum absolute atomic E-state index is 12.2. The van der Waals surface area contributed by atoms with Gasteiger partial charge in [0.25, 0.3) is 0 Å². The molecule has 19 heavy (non-hydrogen) atoms. The van der Waals surface area contributed by atoms with E-state index in [-0.39, 0.29) is 4.90 Å². The second kappa shape index (κ2) is 4.91. The molecular weight excluding hydrogens is 274 g/mol. The smallest absolute Gasteiger partial charge is 0.245 e. The highest BCUT2D eigenvalue weighted by Gasteiger charge is 2.32. The van der Waals surface area contributed by atoms with Gasteiger partial charge >= 0.3 is 0 Å². The number of aromatic nitrogens is 1. The van der Waals surface area contributed by atoms with E-state index in [1.54, 1.807) is 0 Å². The third kappa shape index (κ3) is 2.70. The van der Waals surface area contributed by atoms with Crippen LogP contribution in [0, 0.1) is 0 Å². The largest absolute Gasteiger partial charge is 0.308 e. The molecule has 102 valence electrons. The predicted molar refractivity (Wildman–Crippen MR) is 64.0 cm³/mol. The van der Waals surface area contributed by atoms with Gasteiger partial charge in [0.1, 0.15) is 10.7 Å². The predicted octanol–water partition coefficient (Wildman–Crippen LogP) is -1.99. The van der Waals surface area contributed by atoms with E-state index >= 15 is 0 Å². The molecule has 2 amide bonds. The van der Waals surface area contributed by atoms with Crippen LogP contribution in [0.25, 0.3) is 0 Å². The maximum atomic E-state index is 12.2. The normalized spacial score (nSPS) is 17.1. The van der Waals surface area contributed by atoms with Crippen LogP contribution in [0.4, 0.5) is 5.82 Å². The number of imide groups is 1. The Bertz CT molecular complexity index is 596. The molecule has 2 heterocycles. The number of nitrogens with two attached hydrogens (primary N) is 1. The number of piperazine rings is 1. The van der Waals surface area contributed by atoms with E-state index < -0.39 is 34.9 Å². The van der Waals surface area contributed by atoms with Gasteiger partial charge in [-0.25, -0.2) is 19.2 Å². The van der Waals surface area contributed by atoms with Crippen LogP contribution < -0.4 is 16.6 Å². The van der Waals surface area contributed by atoms with Gasteiger partial charge in [-0.1, -0.05) is 0 Å². The Labute approximate surface area is 108 Å². The molecule has 0 aromatic carbocycles. The molecule has 0 spiro atoms. The van der Waals surface area contributed by atoms with Crippen molar-refractivity contribution in [3.05, 3.63) is 18.3 Å². The quantitative estimate of drug-likeness (QED) is 0.332. The number of rotatable bonds is 3. The summed E-state index contributed by atoms with van der Waals surface area (Å²) in [5.41, 5.74) is 2.26. The molecule has 1 saturated heterocycles. The number of pyridine rings is 1. The molecule has 1 aliphatic rings. The van der Waals surface area contributed by atoms with Gasteiger partial charge in [0.15, 0.2) is 0 Å². The molecule has 10 heteroatoms. The molecule has 2 rings (SSSR count). The number of hydrazine groups is 1. The first kappa shape index (κ1) is 13.4. The van der Waals surface area contributed by atoms with Gasteiger partial charge in [-0.15, -0.1) is 0 Å².